The maximum absolute atomic E-state index is 12.4. The van der Waals surface area contributed by atoms with Gasteiger partial charge in [0, 0.05) is 18.9 Å². The SMILES string of the molecule is NCC(c1ccccn1)n1ccc(C(F)(F)F)n1. The molecule has 0 aliphatic heterocycles. The first kappa shape index (κ1) is 12.6. The van der Waals surface area contributed by atoms with Crippen molar-refractivity contribution in [3.05, 3.63) is 48.0 Å². The summed E-state index contributed by atoms with van der Waals surface area (Å²) in [6.07, 6.45) is -1.63. The van der Waals surface area contributed by atoms with Crippen LogP contribution in [0.25, 0.3) is 0 Å². The van der Waals surface area contributed by atoms with Crippen LogP contribution in [0.1, 0.15) is 17.4 Å². The Hall–Kier alpha value is -1.89. The van der Waals surface area contributed by atoms with Crippen molar-refractivity contribution in [1.29, 1.82) is 0 Å². The van der Waals surface area contributed by atoms with Crippen molar-refractivity contribution in [2.75, 3.05) is 6.54 Å². The summed E-state index contributed by atoms with van der Waals surface area (Å²) in [5.41, 5.74) is 5.22. The zero-order chi connectivity index (χ0) is 13.2. The van der Waals surface area contributed by atoms with Crippen molar-refractivity contribution in [1.82, 2.24) is 14.8 Å². The van der Waals surface area contributed by atoms with Gasteiger partial charge in [-0.25, -0.2) is 0 Å². The Kier molecular flexibility index (Phi) is 3.33. The third-order valence-corrected chi connectivity index (χ3v) is 2.47. The van der Waals surface area contributed by atoms with Crippen molar-refractivity contribution in [2.45, 2.75) is 12.2 Å². The highest BCUT2D eigenvalue weighted by Crippen LogP contribution is 2.28. The number of pyridine rings is 1. The molecular weight excluding hydrogens is 245 g/mol. The minimum Gasteiger partial charge on any atom is -0.328 e. The Morgan fingerprint density at radius 3 is 2.56 bits per heavy atom. The van der Waals surface area contributed by atoms with Crippen LogP contribution in [-0.2, 0) is 6.18 Å². The third-order valence-electron chi connectivity index (χ3n) is 2.47. The predicted molar refractivity (Wildman–Crippen MR) is 58.7 cm³/mol. The molecule has 2 aromatic heterocycles. The summed E-state index contributed by atoms with van der Waals surface area (Å²) in [5, 5.41) is 3.50. The molecule has 2 aromatic rings. The second-order valence-electron chi connectivity index (χ2n) is 3.68. The van der Waals surface area contributed by atoms with Gasteiger partial charge >= 0.3 is 6.18 Å². The van der Waals surface area contributed by atoms with E-state index in [4.69, 9.17) is 5.73 Å². The third kappa shape index (κ3) is 2.51. The number of alkyl halides is 3. The molecule has 0 radical (unpaired) electrons. The van der Waals surface area contributed by atoms with Gasteiger partial charge in [-0.2, -0.15) is 18.3 Å². The molecule has 1 unspecified atom stereocenters. The van der Waals surface area contributed by atoms with E-state index in [2.05, 4.69) is 10.1 Å². The Morgan fingerprint density at radius 1 is 1.28 bits per heavy atom. The quantitative estimate of drug-likeness (QED) is 0.911. The molecule has 0 saturated heterocycles. The van der Waals surface area contributed by atoms with E-state index >= 15 is 0 Å². The number of halogens is 3. The fourth-order valence-electron chi connectivity index (χ4n) is 1.60. The molecule has 2 N–H and O–H groups in total. The lowest BCUT2D eigenvalue weighted by molar-refractivity contribution is -0.141. The fourth-order valence-corrected chi connectivity index (χ4v) is 1.60. The van der Waals surface area contributed by atoms with E-state index < -0.39 is 17.9 Å². The second kappa shape index (κ2) is 4.77. The van der Waals surface area contributed by atoms with Gasteiger partial charge in [-0.1, -0.05) is 6.07 Å². The van der Waals surface area contributed by atoms with Crippen LogP contribution in [0.4, 0.5) is 13.2 Å². The summed E-state index contributed by atoms with van der Waals surface area (Å²) < 4.78 is 38.5. The van der Waals surface area contributed by atoms with E-state index in [0.717, 1.165) is 6.07 Å². The standard InChI is InChI=1S/C11H11F3N4/c12-11(13,14)10-4-6-18(17-10)9(7-15)8-3-1-2-5-16-8/h1-6,9H,7,15H2. The number of nitrogens with zero attached hydrogens (tertiary/aromatic N) is 3. The summed E-state index contributed by atoms with van der Waals surface area (Å²) in [6, 6.07) is 5.60. The molecule has 18 heavy (non-hydrogen) atoms. The fraction of sp³-hybridized carbons (Fsp3) is 0.273. The van der Waals surface area contributed by atoms with Gasteiger partial charge in [-0.05, 0) is 18.2 Å². The van der Waals surface area contributed by atoms with Crippen LogP contribution in [0.3, 0.4) is 0 Å². The van der Waals surface area contributed by atoms with E-state index in [9.17, 15) is 13.2 Å². The van der Waals surface area contributed by atoms with Gasteiger partial charge in [0.2, 0.25) is 0 Å². The van der Waals surface area contributed by atoms with Crippen LogP contribution in [0.5, 0.6) is 0 Å². The van der Waals surface area contributed by atoms with Crippen LogP contribution >= 0.6 is 0 Å². The maximum atomic E-state index is 12.4. The summed E-state index contributed by atoms with van der Waals surface area (Å²) in [4.78, 5) is 4.08. The number of hydrogen-bond donors (Lipinski definition) is 1. The molecule has 7 heteroatoms. The molecule has 96 valence electrons. The molecule has 0 saturated carbocycles. The lowest BCUT2D eigenvalue weighted by Crippen LogP contribution is -2.22. The molecule has 0 aliphatic rings. The molecule has 0 bridgehead atoms. The van der Waals surface area contributed by atoms with Crippen LogP contribution < -0.4 is 5.73 Å². The number of hydrogen-bond acceptors (Lipinski definition) is 3. The molecule has 0 aromatic carbocycles. The van der Waals surface area contributed by atoms with Crippen molar-refractivity contribution in [2.24, 2.45) is 5.73 Å². The van der Waals surface area contributed by atoms with Crippen molar-refractivity contribution < 1.29 is 13.2 Å². The number of rotatable bonds is 3. The van der Waals surface area contributed by atoms with Gasteiger partial charge in [0.25, 0.3) is 0 Å². The van der Waals surface area contributed by atoms with Crippen molar-refractivity contribution >= 4 is 0 Å². The van der Waals surface area contributed by atoms with Gasteiger partial charge in [-0.15, -0.1) is 0 Å². The van der Waals surface area contributed by atoms with Gasteiger partial charge in [0.15, 0.2) is 5.69 Å². The zero-order valence-corrected chi connectivity index (χ0v) is 9.30. The average Bonchev–Trinajstić information content (AvgIpc) is 2.81. The Balaban J connectivity index is 2.32. The van der Waals surface area contributed by atoms with Crippen LogP contribution in [0, 0.1) is 0 Å². The van der Waals surface area contributed by atoms with E-state index in [-0.39, 0.29) is 6.54 Å². The van der Waals surface area contributed by atoms with Crippen LogP contribution in [-0.4, -0.2) is 21.3 Å². The highest BCUT2D eigenvalue weighted by molar-refractivity contribution is 5.12. The average molecular weight is 256 g/mol. The topological polar surface area (TPSA) is 56.7 Å². The van der Waals surface area contributed by atoms with Crippen molar-refractivity contribution in [3.8, 4) is 0 Å². The molecule has 4 nitrogen and oxygen atoms in total. The smallest absolute Gasteiger partial charge is 0.328 e. The Labute approximate surface area is 101 Å². The zero-order valence-electron chi connectivity index (χ0n) is 9.30. The van der Waals surface area contributed by atoms with E-state index in [1.165, 1.54) is 10.9 Å². The molecule has 2 heterocycles. The van der Waals surface area contributed by atoms with Crippen LogP contribution in [0.2, 0.25) is 0 Å². The molecule has 0 spiro atoms. The minimum atomic E-state index is -4.45. The first-order valence-corrected chi connectivity index (χ1v) is 5.25. The monoisotopic (exact) mass is 256 g/mol. The summed E-state index contributed by atoms with van der Waals surface area (Å²) in [7, 11) is 0. The molecule has 0 amide bonds. The predicted octanol–water partition coefficient (Wildman–Crippen LogP) is 1.85. The van der Waals surface area contributed by atoms with Crippen molar-refractivity contribution in [3.63, 3.8) is 0 Å². The Bertz CT molecular complexity index is 507. The summed E-state index contributed by atoms with van der Waals surface area (Å²) in [6.45, 7) is 0.121. The van der Waals surface area contributed by atoms with E-state index in [1.807, 2.05) is 0 Å². The summed E-state index contributed by atoms with van der Waals surface area (Å²) in [5.74, 6) is 0. The first-order chi connectivity index (χ1) is 8.52. The molecule has 0 fully saturated rings. The van der Waals surface area contributed by atoms with Gasteiger partial charge in [-0.3, -0.25) is 9.67 Å². The van der Waals surface area contributed by atoms with E-state index in [0.29, 0.717) is 5.69 Å². The second-order valence-corrected chi connectivity index (χ2v) is 3.68. The molecule has 0 aliphatic carbocycles. The first-order valence-electron chi connectivity index (χ1n) is 5.25. The largest absolute Gasteiger partial charge is 0.435 e. The normalized spacial score (nSPS) is 13.6. The molecular formula is C11H11F3N4. The number of aromatic nitrogens is 3. The molecule has 2 rings (SSSR count). The lowest BCUT2D eigenvalue weighted by Gasteiger charge is -2.14. The van der Waals surface area contributed by atoms with Gasteiger partial charge in [0.1, 0.15) is 6.04 Å². The van der Waals surface area contributed by atoms with Crippen LogP contribution in [0.15, 0.2) is 36.7 Å². The van der Waals surface area contributed by atoms with Gasteiger partial charge in [0.05, 0.1) is 5.69 Å². The van der Waals surface area contributed by atoms with Gasteiger partial charge < -0.3 is 5.73 Å². The minimum absolute atomic E-state index is 0.121. The summed E-state index contributed by atoms with van der Waals surface area (Å²) >= 11 is 0. The maximum Gasteiger partial charge on any atom is 0.435 e. The Morgan fingerprint density at radius 2 is 2.06 bits per heavy atom. The van der Waals surface area contributed by atoms with E-state index in [1.54, 1.807) is 24.4 Å². The highest BCUT2D eigenvalue weighted by Gasteiger charge is 2.34. The lowest BCUT2D eigenvalue weighted by atomic mass is 10.2. The molecule has 1 atom stereocenters. The number of nitrogens with two attached hydrogens (primary N) is 1. The highest BCUT2D eigenvalue weighted by atomic mass is 19.4.